The van der Waals surface area contributed by atoms with Crippen LogP contribution in [0.2, 0.25) is 0 Å². The largest absolute Gasteiger partial charge is 0.352 e. The highest BCUT2D eigenvalue weighted by molar-refractivity contribution is 5.76. The highest BCUT2D eigenvalue weighted by atomic mass is 16.1. The Kier molecular flexibility index (Phi) is 10.2. The lowest BCUT2D eigenvalue weighted by molar-refractivity contribution is -0.121. The van der Waals surface area contributed by atoms with Gasteiger partial charge in [-0.1, -0.05) is 57.6 Å². The summed E-state index contributed by atoms with van der Waals surface area (Å²) in [4.78, 5) is 11.3. The maximum absolute atomic E-state index is 11.3. The summed E-state index contributed by atoms with van der Waals surface area (Å²) >= 11 is 0. The number of carbonyl (C=O) groups is 1. The van der Waals surface area contributed by atoms with Crippen LogP contribution in [0, 0.1) is 0 Å². The molecule has 1 amide bonds. The average molecular weight is 225 g/mol. The summed E-state index contributed by atoms with van der Waals surface area (Å²) < 4.78 is 0. The zero-order valence-corrected chi connectivity index (χ0v) is 11.0. The van der Waals surface area contributed by atoms with Gasteiger partial charge in [0, 0.05) is 13.0 Å². The van der Waals surface area contributed by atoms with E-state index in [-0.39, 0.29) is 5.91 Å². The first-order valence-electron chi connectivity index (χ1n) is 6.58. The molecule has 0 bridgehead atoms. The Labute approximate surface area is 101 Å². The summed E-state index contributed by atoms with van der Waals surface area (Å²) in [6.45, 7) is 8.52. The smallest absolute Gasteiger partial charge is 0.220 e. The topological polar surface area (TPSA) is 29.1 Å². The lowest BCUT2D eigenvalue weighted by atomic mass is 10.1. The summed E-state index contributed by atoms with van der Waals surface area (Å²) in [5.41, 5.74) is 1.01. The highest BCUT2D eigenvalue weighted by Crippen LogP contribution is 2.08. The Morgan fingerprint density at radius 1 is 1.06 bits per heavy atom. The van der Waals surface area contributed by atoms with Gasteiger partial charge in [-0.15, -0.1) is 0 Å². The minimum atomic E-state index is 0.163. The van der Waals surface area contributed by atoms with Gasteiger partial charge in [0.1, 0.15) is 0 Å². The molecule has 0 aliphatic rings. The molecular formula is C14H27NO. The summed E-state index contributed by atoms with van der Waals surface area (Å²) in [6.07, 6.45) is 9.45. The van der Waals surface area contributed by atoms with Crippen LogP contribution in [0.4, 0.5) is 0 Å². The maximum atomic E-state index is 11.3. The minimum absolute atomic E-state index is 0.163. The standard InChI is InChI=1S/C14H27NO/c1-4-5-6-7-8-9-10-11-14(16)15-12-13(2)3/h2,4-12H2,1,3H3,(H,15,16). The van der Waals surface area contributed by atoms with E-state index in [1.807, 2.05) is 6.92 Å². The maximum Gasteiger partial charge on any atom is 0.220 e. The van der Waals surface area contributed by atoms with Crippen molar-refractivity contribution in [3.05, 3.63) is 12.2 Å². The first kappa shape index (κ1) is 15.2. The molecule has 16 heavy (non-hydrogen) atoms. The van der Waals surface area contributed by atoms with Crippen LogP contribution >= 0.6 is 0 Å². The van der Waals surface area contributed by atoms with Crippen LogP contribution in [0.25, 0.3) is 0 Å². The molecule has 0 aromatic rings. The van der Waals surface area contributed by atoms with Crippen molar-refractivity contribution in [2.75, 3.05) is 6.54 Å². The molecule has 0 aromatic heterocycles. The van der Waals surface area contributed by atoms with Crippen molar-refractivity contribution >= 4 is 5.91 Å². The zero-order chi connectivity index (χ0) is 12.2. The third kappa shape index (κ3) is 11.3. The number of hydrogen-bond donors (Lipinski definition) is 1. The normalized spacial score (nSPS) is 10.1. The molecule has 0 aliphatic heterocycles. The Morgan fingerprint density at radius 3 is 2.19 bits per heavy atom. The number of unbranched alkanes of at least 4 members (excludes halogenated alkanes) is 6. The zero-order valence-electron chi connectivity index (χ0n) is 11.0. The van der Waals surface area contributed by atoms with E-state index < -0.39 is 0 Å². The van der Waals surface area contributed by atoms with Crippen molar-refractivity contribution in [2.45, 2.75) is 65.2 Å². The Bertz CT molecular complexity index is 199. The molecular weight excluding hydrogens is 198 g/mol. The number of hydrogen-bond acceptors (Lipinski definition) is 1. The quantitative estimate of drug-likeness (QED) is 0.444. The van der Waals surface area contributed by atoms with Gasteiger partial charge in [-0.05, 0) is 13.3 Å². The summed E-state index contributed by atoms with van der Waals surface area (Å²) in [7, 11) is 0. The van der Waals surface area contributed by atoms with Gasteiger partial charge in [-0.3, -0.25) is 4.79 Å². The molecule has 0 radical (unpaired) electrons. The van der Waals surface area contributed by atoms with Gasteiger partial charge in [-0.2, -0.15) is 0 Å². The second-order valence-corrected chi connectivity index (χ2v) is 4.61. The van der Waals surface area contributed by atoms with Crippen molar-refractivity contribution in [2.24, 2.45) is 0 Å². The Morgan fingerprint density at radius 2 is 1.62 bits per heavy atom. The van der Waals surface area contributed by atoms with Crippen molar-refractivity contribution in [3.63, 3.8) is 0 Å². The monoisotopic (exact) mass is 225 g/mol. The summed E-state index contributed by atoms with van der Waals surface area (Å²) in [6, 6.07) is 0. The fraction of sp³-hybridized carbons (Fsp3) is 0.786. The number of amides is 1. The van der Waals surface area contributed by atoms with Crippen LogP contribution in [0.3, 0.4) is 0 Å². The van der Waals surface area contributed by atoms with E-state index in [1.165, 1.54) is 38.5 Å². The lowest BCUT2D eigenvalue weighted by Gasteiger charge is -2.04. The minimum Gasteiger partial charge on any atom is -0.352 e. The van der Waals surface area contributed by atoms with Crippen LogP contribution in [0.1, 0.15) is 65.2 Å². The summed E-state index contributed by atoms with van der Waals surface area (Å²) in [5, 5.41) is 2.85. The molecule has 2 nitrogen and oxygen atoms in total. The summed E-state index contributed by atoms with van der Waals surface area (Å²) in [5.74, 6) is 0.163. The van der Waals surface area contributed by atoms with Crippen molar-refractivity contribution < 1.29 is 4.79 Å². The number of carbonyl (C=O) groups excluding carboxylic acids is 1. The first-order chi connectivity index (χ1) is 7.66. The number of rotatable bonds is 10. The molecule has 94 valence electrons. The van der Waals surface area contributed by atoms with E-state index in [9.17, 15) is 4.79 Å². The van der Waals surface area contributed by atoms with Crippen LogP contribution < -0.4 is 5.32 Å². The third-order valence-corrected chi connectivity index (χ3v) is 2.59. The third-order valence-electron chi connectivity index (χ3n) is 2.59. The number of nitrogens with one attached hydrogen (secondary N) is 1. The molecule has 0 atom stereocenters. The van der Waals surface area contributed by atoms with Crippen LogP contribution in [-0.4, -0.2) is 12.5 Å². The van der Waals surface area contributed by atoms with Crippen LogP contribution in [0.5, 0.6) is 0 Å². The van der Waals surface area contributed by atoms with E-state index in [0.29, 0.717) is 13.0 Å². The van der Waals surface area contributed by atoms with Gasteiger partial charge in [0.2, 0.25) is 5.91 Å². The second kappa shape index (κ2) is 10.7. The van der Waals surface area contributed by atoms with Gasteiger partial charge < -0.3 is 5.32 Å². The fourth-order valence-electron chi connectivity index (χ4n) is 1.58. The van der Waals surface area contributed by atoms with E-state index in [1.54, 1.807) is 0 Å². The lowest BCUT2D eigenvalue weighted by Crippen LogP contribution is -2.24. The molecule has 0 aromatic carbocycles. The molecule has 0 fully saturated rings. The van der Waals surface area contributed by atoms with E-state index in [4.69, 9.17) is 0 Å². The molecule has 0 aliphatic carbocycles. The molecule has 1 N–H and O–H groups in total. The van der Waals surface area contributed by atoms with Crippen LogP contribution in [0.15, 0.2) is 12.2 Å². The Hall–Kier alpha value is -0.790. The van der Waals surface area contributed by atoms with E-state index >= 15 is 0 Å². The molecule has 0 rings (SSSR count). The molecule has 0 heterocycles. The Balaban J connectivity index is 3.18. The van der Waals surface area contributed by atoms with Crippen LogP contribution in [-0.2, 0) is 4.79 Å². The molecule has 2 heteroatoms. The molecule has 0 unspecified atom stereocenters. The first-order valence-corrected chi connectivity index (χ1v) is 6.58. The molecule has 0 spiro atoms. The van der Waals surface area contributed by atoms with Crippen molar-refractivity contribution in [1.29, 1.82) is 0 Å². The van der Waals surface area contributed by atoms with Gasteiger partial charge >= 0.3 is 0 Å². The van der Waals surface area contributed by atoms with Gasteiger partial charge in [0.15, 0.2) is 0 Å². The molecule has 0 saturated heterocycles. The average Bonchev–Trinajstić information content (AvgIpc) is 2.25. The van der Waals surface area contributed by atoms with Gasteiger partial charge in [0.25, 0.3) is 0 Å². The van der Waals surface area contributed by atoms with Gasteiger partial charge in [-0.25, -0.2) is 0 Å². The predicted molar refractivity (Wildman–Crippen MR) is 70.4 cm³/mol. The van der Waals surface area contributed by atoms with Gasteiger partial charge in [0.05, 0.1) is 0 Å². The SMILES string of the molecule is C=C(C)CNC(=O)CCCCCCCCC. The fourth-order valence-corrected chi connectivity index (χ4v) is 1.58. The predicted octanol–water partition coefficient (Wildman–Crippen LogP) is 3.82. The van der Waals surface area contributed by atoms with Crippen molar-refractivity contribution in [3.8, 4) is 0 Å². The van der Waals surface area contributed by atoms with Crippen molar-refractivity contribution in [1.82, 2.24) is 5.32 Å². The van der Waals surface area contributed by atoms with E-state index in [2.05, 4.69) is 18.8 Å². The second-order valence-electron chi connectivity index (χ2n) is 4.61. The highest BCUT2D eigenvalue weighted by Gasteiger charge is 1.99. The molecule has 0 saturated carbocycles. The van der Waals surface area contributed by atoms with E-state index in [0.717, 1.165) is 12.0 Å².